The molecule has 1 N–H and O–H groups in total. The monoisotopic (exact) mass is 339 g/mol. The molecule has 3 amide bonds. The molecule has 1 aromatic carbocycles. The lowest BCUT2D eigenvalue weighted by molar-refractivity contribution is -0.128. The maximum absolute atomic E-state index is 12.1. The number of carbonyl (C=O) groups excluding carboxylic acids is 2. The van der Waals surface area contributed by atoms with Gasteiger partial charge in [-0.05, 0) is 31.7 Å². The fraction of sp³-hybridized carbons (Fsp3) is 0.467. The van der Waals surface area contributed by atoms with Crippen LogP contribution < -0.4 is 5.32 Å². The smallest absolute Gasteiger partial charge is 0.324 e. The van der Waals surface area contributed by atoms with Crippen LogP contribution in [0.4, 0.5) is 4.79 Å². The Morgan fingerprint density at radius 3 is 2.43 bits per heavy atom. The lowest BCUT2D eigenvalue weighted by Gasteiger charge is -2.26. The number of carbonyl (C=O) groups is 2. The highest BCUT2D eigenvalue weighted by Gasteiger charge is 2.27. The Morgan fingerprint density at radius 1 is 1.35 bits per heavy atom. The molecule has 0 spiro atoms. The van der Waals surface area contributed by atoms with Crippen molar-refractivity contribution in [2.75, 3.05) is 32.9 Å². The third-order valence-corrected chi connectivity index (χ3v) is 5.12. The van der Waals surface area contributed by atoms with E-state index in [9.17, 15) is 18.0 Å². The van der Waals surface area contributed by atoms with Crippen molar-refractivity contribution in [3.63, 3.8) is 0 Å². The van der Waals surface area contributed by atoms with E-state index in [2.05, 4.69) is 5.32 Å². The minimum Gasteiger partial charge on any atom is -0.336 e. The molecular formula is C15H21N3O4S. The van der Waals surface area contributed by atoms with Crippen LogP contribution in [-0.2, 0) is 14.6 Å². The maximum atomic E-state index is 12.1. The zero-order valence-electron chi connectivity index (χ0n) is 13.4. The number of nitrogens with one attached hydrogen (secondary N) is 1. The lowest BCUT2D eigenvalue weighted by Crippen LogP contribution is -2.41. The predicted octanol–water partition coefficient (Wildman–Crippen LogP) is 0.635. The topological polar surface area (TPSA) is 86.8 Å². The number of imide groups is 1. The summed E-state index contributed by atoms with van der Waals surface area (Å²) in [7, 11) is -1.43. The zero-order chi connectivity index (χ0) is 17.2. The summed E-state index contributed by atoms with van der Waals surface area (Å²) in [5.41, 5.74) is 0.901. The van der Waals surface area contributed by atoms with Crippen LogP contribution in [0.1, 0.15) is 18.5 Å². The lowest BCUT2D eigenvalue weighted by atomic mass is 10.1. The highest BCUT2D eigenvalue weighted by molar-refractivity contribution is 7.90. The first-order valence-electron chi connectivity index (χ1n) is 7.28. The second-order valence-electron chi connectivity index (χ2n) is 5.71. The Balaban J connectivity index is 2.03. The summed E-state index contributed by atoms with van der Waals surface area (Å²) < 4.78 is 22.9. The third kappa shape index (κ3) is 4.08. The molecule has 0 radical (unpaired) electrons. The van der Waals surface area contributed by atoms with Crippen molar-refractivity contribution in [2.45, 2.75) is 17.9 Å². The van der Waals surface area contributed by atoms with Gasteiger partial charge in [0.2, 0.25) is 5.91 Å². The Hall–Kier alpha value is -1.93. The fourth-order valence-corrected chi connectivity index (χ4v) is 3.02. The van der Waals surface area contributed by atoms with Crippen molar-refractivity contribution in [1.82, 2.24) is 15.1 Å². The normalized spacial score (nSPS) is 16.5. The van der Waals surface area contributed by atoms with Crippen LogP contribution in [0, 0.1) is 0 Å². The van der Waals surface area contributed by atoms with E-state index in [0.717, 1.165) is 11.8 Å². The number of hydrogen-bond acceptors (Lipinski definition) is 5. The van der Waals surface area contributed by atoms with Gasteiger partial charge in [-0.15, -0.1) is 0 Å². The number of nitrogens with zero attached hydrogens (tertiary/aromatic N) is 2. The third-order valence-electron chi connectivity index (χ3n) is 3.99. The highest BCUT2D eigenvalue weighted by Crippen LogP contribution is 2.20. The van der Waals surface area contributed by atoms with Crippen LogP contribution in [0.15, 0.2) is 29.2 Å². The average Bonchev–Trinajstić information content (AvgIpc) is 2.92. The molecule has 1 heterocycles. The largest absolute Gasteiger partial charge is 0.336 e. The quantitative estimate of drug-likeness (QED) is 0.850. The van der Waals surface area contributed by atoms with Gasteiger partial charge in [-0.3, -0.25) is 14.6 Å². The number of sulfone groups is 1. The van der Waals surface area contributed by atoms with E-state index in [0.29, 0.717) is 13.1 Å². The minimum absolute atomic E-state index is 0.0850. The Labute approximate surface area is 136 Å². The molecule has 0 aliphatic carbocycles. The molecule has 0 aromatic heterocycles. The molecule has 0 bridgehead atoms. The number of amides is 3. The maximum Gasteiger partial charge on any atom is 0.324 e. The van der Waals surface area contributed by atoms with E-state index in [4.69, 9.17) is 0 Å². The van der Waals surface area contributed by atoms with E-state index in [1.165, 1.54) is 4.90 Å². The van der Waals surface area contributed by atoms with Gasteiger partial charge in [0.25, 0.3) is 0 Å². The summed E-state index contributed by atoms with van der Waals surface area (Å²) in [5, 5.41) is 2.60. The van der Waals surface area contributed by atoms with E-state index in [1.54, 1.807) is 31.3 Å². The van der Waals surface area contributed by atoms with Crippen molar-refractivity contribution in [3.05, 3.63) is 29.8 Å². The second-order valence-corrected chi connectivity index (χ2v) is 7.73. The minimum atomic E-state index is -3.22. The molecule has 2 rings (SSSR count). The van der Waals surface area contributed by atoms with Gasteiger partial charge in [0.15, 0.2) is 9.84 Å². The molecule has 1 saturated heterocycles. The average molecular weight is 339 g/mol. The molecule has 1 aromatic rings. The summed E-state index contributed by atoms with van der Waals surface area (Å²) in [6, 6.07) is 6.16. The van der Waals surface area contributed by atoms with Gasteiger partial charge in [-0.2, -0.15) is 0 Å². The van der Waals surface area contributed by atoms with Crippen molar-refractivity contribution in [2.24, 2.45) is 0 Å². The van der Waals surface area contributed by atoms with Crippen LogP contribution >= 0.6 is 0 Å². The summed E-state index contributed by atoms with van der Waals surface area (Å²) in [6.07, 6.45) is 1.16. The van der Waals surface area contributed by atoms with Gasteiger partial charge in [-0.1, -0.05) is 12.1 Å². The first-order chi connectivity index (χ1) is 10.7. The van der Waals surface area contributed by atoms with Gasteiger partial charge in [-0.25, -0.2) is 13.2 Å². The Kier molecular flexibility index (Phi) is 5.06. The van der Waals surface area contributed by atoms with E-state index >= 15 is 0 Å². The first-order valence-corrected chi connectivity index (χ1v) is 9.17. The van der Waals surface area contributed by atoms with Gasteiger partial charge in [0, 0.05) is 25.4 Å². The molecule has 7 nitrogen and oxygen atoms in total. The number of hydrogen-bond donors (Lipinski definition) is 1. The van der Waals surface area contributed by atoms with Crippen molar-refractivity contribution < 1.29 is 18.0 Å². The van der Waals surface area contributed by atoms with E-state index in [1.807, 2.05) is 11.8 Å². The Morgan fingerprint density at radius 2 is 1.96 bits per heavy atom. The molecule has 0 saturated carbocycles. The van der Waals surface area contributed by atoms with Crippen LogP contribution in [-0.4, -0.2) is 63.1 Å². The molecule has 1 aliphatic rings. The zero-order valence-corrected chi connectivity index (χ0v) is 14.3. The Bertz CT molecular complexity index is 700. The number of rotatable bonds is 5. The van der Waals surface area contributed by atoms with Crippen molar-refractivity contribution >= 4 is 21.8 Å². The SMILES string of the molecule is CC(c1ccc(S(C)(=O)=O)cc1)N(C)CC(=O)N1CCNC1=O. The van der Waals surface area contributed by atoms with Gasteiger partial charge >= 0.3 is 6.03 Å². The molecule has 8 heteroatoms. The molecule has 23 heavy (non-hydrogen) atoms. The number of benzene rings is 1. The molecule has 1 fully saturated rings. The fourth-order valence-electron chi connectivity index (χ4n) is 2.39. The second kappa shape index (κ2) is 6.67. The van der Waals surface area contributed by atoms with Crippen LogP contribution in [0.5, 0.6) is 0 Å². The number of urea groups is 1. The first kappa shape index (κ1) is 17.4. The van der Waals surface area contributed by atoms with Crippen LogP contribution in [0.3, 0.4) is 0 Å². The van der Waals surface area contributed by atoms with Gasteiger partial charge < -0.3 is 5.32 Å². The van der Waals surface area contributed by atoms with Gasteiger partial charge in [0.1, 0.15) is 0 Å². The van der Waals surface area contributed by atoms with E-state index < -0.39 is 9.84 Å². The molecule has 1 unspecified atom stereocenters. The number of likely N-dealkylation sites (N-methyl/N-ethyl adjacent to an activating group) is 1. The summed E-state index contributed by atoms with van der Waals surface area (Å²) in [4.78, 5) is 26.9. The molecule has 1 aliphatic heterocycles. The van der Waals surface area contributed by atoms with E-state index in [-0.39, 0.29) is 29.4 Å². The van der Waals surface area contributed by atoms with Crippen molar-refractivity contribution in [1.29, 1.82) is 0 Å². The molecule has 1 atom stereocenters. The predicted molar refractivity (Wildman–Crippen MR) is 85.7 cm³/mol. The van der Waals surface area contributed by atoms with Crippen molar-refractivity contribution in [3.8, 4) is 0 Å². The van der Waals surface area contributed by atoms with Crippen LogP contribution in [0.25, 0.3) is 0 Å². The standard InChI is InChI=1S/C15H21N3O4S/c1-11(12-4-6-13(7-5-12)23(3,21)22)17(2)10-14(19)18-9-8-16-15(18)20/h4-7,11H,8-10H2,1-3H3,(H,16,20). The summed E-state index contributed by atoms with van der Waals surface area (Å²) in [5.74, 6) is -0.248. The summed E-state index contributed by atoms with van der Waals surface area (Å²) in [6.45, 7) is 2.91. The summed E-state index contributed by atoms with van der Waals surface area (Å²) >= 11 is 0. The highest BCUT2D eigenvalue weighted by atomic mass is 32.2. The van der Waals surface area contributed by atoms with Crippen LogP contribution in [0.2, 0.25) is 0 Å². The molecule has 126 valence electrons. The molecular weight excluding hydrogens is 318 g/mol. The van der Waals surface area contributed by atoms with Gasteiger partial charge in [0.05, 0.1) is 11.4 Å².